The van der Waals surface area contributed by atoms with Gasteiger partial charge in [-0.25, -0.2) is 0 Å². The monoisotopic (exact) mass is 348 g/mol. The van der Waals surface area contributed by atoms with Crippen LogP contribution in [0.1, 0.15) is 12.8 Å². The molecule has 0 atom stereocenters. The fourth-order valence-electron chi connectivity index (χ4n) is 2.39. The molecule has 6 heteroatoms. The van der Waals surface area contributed by atoms with E-state index >= 15 is 0 Å². The zero-order chi connectivity index (χ0) is 15.0. The molecule has 0 bridgehead atoms. The molecule has 3 N–H and O–H groups in total. The maximum atomic E-state index is 12.0. The first-order valence-electron chi connectivity index (χ1n) is 6.89. The van der Waals surface area contributed by atoms with Crippen molar-refractivity contribution in [3.05, 3.63) is 28.9 Å². The number of nitrogens with two attached hydrogens (primary N) is 1. The Balaban J connectivity index is 1.91. The van der Waals surface area contributed by atoms with Crippen molar-refractivity contribution in [2.24, 2.45) is 0 Å². The van der Waals surface area contributed by atoms with Gasteiger partial charge in [0, 0.05) is 22.9 Å². The fraction of sp³-hybridized carbons (Fsp3) is 0.333. The number of pyridine rings is 1. The molecule has 1 heterocycles. The molecule has 1 aliphatic carbocycles. The van der Waals surface area contributed by atoms with Crippen molar-refractivity contribution in [3.63, 3.8) is 0 Å². The Morgan fingerprint density at radius 3 is 3.00 bits per heavy atom. The summed E-state index contributed by atoms with van der Waals surface area (Å²) in [4.78, 5) is 18.2. The number of carbonyl (C=O) groups is 1. The Hall–Kier alpha value is -1.82. The molecule has 1 aromatic carbocycles. The van der Waals surface area contributed by atoms with Crippen LogP contribution in [0.3, 0.4) is 0 Å². The highest BCUT2D eigenvalue weighted by molar-refractivity contribution is 9.10. The zero-order valence-electron chi connectivity index (χ0n) is 11.8. The molecule has 0 saturated heterocycles. The Labute approximate surface area is 131 Å². The third-order valence-electron chi connectivity index (χ3n) is 3.53. The Morgan fingerprint density at radius 2 is 2.29 bits per heavy atom. The van der Waals surface area contributed by atoms with E-state index in [0.29, 0.717) is 11.7 Å². The first-order valence-corrected chi connectivity index (χ1v) is 7.68. The van der Waals surface area contributed by atoms with Crippen molar-refractivity contribution in [2.45, 2.75) is 18.9 Å². The van der Waals surface area contributed by atoms with Gasteiger partial charge in [0.2, 0.25) is 5.91 Å². The zero-order valence-corrected chi connectivity index (χ0v) is 13.4. The van der Waals surface area contributed by atoms with Gasteiger partial charge in [-0.15, -0.1) is 0 Å². The lowest BCUT2D eigenvalue weighted by molar-refractivity contribution is -0.119. The number of hydrogen-bond donors (Lipinski definition) is 2. The molecule has 0 unspecified atom stereocenters. The van der Waals surface area contributed by atoms with Gasteiger partial charge in [-0.1, -0.05) is 15.9 Å². The van der Waals surface area contributed by atoms with Crippen LogP contribution in [0.5, 0.6) is 0 Å². The average molecular weight is 349 g/mol. The molecule has 1 saturated carbocycles. The Morgan fingerprint density at radius 1 is 1.52 bits per heavy atom. The van der Waals surface area contributed by atoms with Gasteiger partial charge >= 0.3 is 0 Å². The molecule has 1 aliphatic rings. The first kappa shape index (κ1) is 14.1. The molecular formula is C15H17BrN4O. The van der Waals surface area contributed by atoms with E-state index in [9.17, 15) is 4.79 Å². The summed E-state index contributed by atoms with van der Waals surface area (Å²) in [6, 6.07) is 6.21. The highest BCUT2D eigenvalue weighted by Crippen LogP contribution is 2.32. The van der Waals surface area contributed by atoms with E-state index in [2.05, 4.69) is 26.2 Å². The summed E-state index contributed by atoms with van der Waals surface area (Å²) in [5.41, 5.74) is 8.35. The maximum Gasteiger partial charge on any atom is 0.239 e. The van der Waals surface area contributed by atoms with Crippen molar-refractivity contribution in [1.82, 2.24) is 10.3 Å². The van der Waals surface area contributed by atoms with Crippen LogP contribution >= 0.6 is 15.9 Å². The molecule has 3 rings (SSSR count). The van der Waals surface area contributed by atoms with Gasteiger partial charge in [0.25, 0.3) is 0 Å². The number of nitrogen functional groups attached to an aromatic ring is 1. The molecule has 0 aliphatic heterocycles. The minimum atomic E-state index is 0.0272. The number of hydrogen-bond acceptors (Lipinski definition) is 4. The van der Waals surface area contributed by atoms with E-state index in [1.54, 1.807) is 6.20 Å². The van der Waals surface area contributed by atoms with Gasteiger partial charge in [-0.05, 0) is 31.0 Å². The normalized spacial score (nSPS) is 14.2. The van der Waals surface area contributed by atoms with E-state index in [1.165, 1.54) is 0 Å². The topological polar surface area (TPSA) is 71.2 Å². The van der Waals surface area contributed by atoms with Crippen molar-refractivity contribution in [1.29, 1.82) is 0 Å². The van der Waals surface area contributed by atoms with Gasteiger partial charge in [0.15, 0.2) is 0 Å². The number of aromatic nitrogens is 1. The maximum absolute atomic E-state index is 12.0. The van der Waals surface area contributed by atoms with Gasteiger partial charge < -0.3 is 16.0 Å². The molecule has 5 nitrogen and oxygen atoms in total. The summed E-state index contributed by atoms with van der Waals surface area (Å²) in [7, 11) is 1.87. The minimum absolute atomic E-state index is 0.0272. The Bertz CT molecular complexity index is 694. The lowest BCUT2D eigenvalue weighted by atomic mass is 10.1. The molecule has 21 heavy (non-hydrogen) atoms. The number of carbonyl (C=O) groups excluding carboxylic acids is 1. The van der Waals surface area contributed by atoms with Crippen molar-refractivity contribution in [3.8, 4) is 0 Å². The number of likely N-dealkylation sites (N-methyl/N-ethyl adjacent to an activating group) is 1. The van der Waals surface area contributed by atoms with E-state index < -0.39 is 0 Å². The minimum Gasteiger partial charge on any atom is -0.396 e. The van der Waals surface area contributed by atoms with Crippen LogP contribution in [-0.4, -0.2) is 30.5 Å². The smallest absolute Gasteiger partial charge is 0.239 e. The summed E-state index contributed by atoms with van der Waals surface area (Å²) >= 11 is 3.47. The van der Waals surface area contributed by atoms with Crippen molar-refractivity contribution < 1.29 is 4.79 Å². The van der Waals surface area contributed by atoms with Crippen LogP contribution < -0.4 is 16.0 Å². The van der Waals surface area contributed by atoms with E-state index in [1.807, 2.05) is 30.1 Å². The van der Waals surface area contributed by atoms with Gasteiger partial charge in [0.1, 0.15) is 0 Å². The third kappa shape index (κ3) is 3.10. The summed E-state index contributed by atoms with van der Waals surface area (Å²) < 4.78 is 0.958. The third-order valence-corrected chi connectivity index (χ3v) is 4.03. The number of nitrogens with one attached hydrogen (secondary N) is 1. The Kier molecular flexibility index (Phi) is 3.71. The molecular weight excluding hydrogens is 332 g/mol. The summed E-state index contributed by atoms with van der Waals surface area (Å²) in [6.07, 6.45) is 3.81. The molecule has 110 valence electrons. The van der Waals surface area contributed by atoms with Gasteiger partial charge in [0.05, 0.1) is 29.6 Å². The number of fused-ring (bicyclic) bond motifs is 1. The van der Waals surface area contributed by atoms with Crippen molar-refractivity contribution in [2.75, 3.05) is 24.2 Å². The lowest BCUT2D eigenvalue weighted by Gasteiger charge is -2.22. The van der Waals surface area contributed by atoms with Crippen LogP contribution in [0.25, 0.3) is 10.9 Å². The number of halogens is 1. The predicted octanol–water partition coefficient (Wildman–Crippen LogP) is 2.29. The van der Waals surface area contributed by atoms with E-state index in [4.69, 9.17) is 5.73 Å². The quantitative estimate of drug-likeness (QED) is 0.889. The second-order valence-corrected chi connectivity index (χ2v) is 6.34. The summed E-state index contributed by atoms with van der Waals surface area (Å²) in [5.74, 6) is 0.0272. The van der Waals surface area contributed by atoms with E-state index in [-0.39, 0.29) is 12.5 Å². The summed E-state index contributed by atoms with van der Waals surface area (Å²) in [6.45, 7) is 0.284. The number of anilines is 2. The largest absolute Gasteiger partial charge is 0.396 e. The second-order valence-electron chi connectivity index (χ2n) is 5.42. The SMILES string of the molecule is CN(CC(=O)NC1CC1)c1c(N)cnc2ccc(Br)cc12. The number of rotatable bonds is 4. The summed E-state index contributed by atoms with van der Waals surface area (Å²) in [5, 5.41) is 3.92. The number of nitrogens with zero attached hydrogens (tertiary/aromatic N) is 2. The number of benzene rings is 1. The fourth-order valence-corrected chi connectivity index (χ4v) is 2.75. The van der Waals surface area contributed by atoms with E-state index in [0.717, 1.165) is 33.9 Å². The molecule has 0 spiro atoms. The van der Waals surface area contributed by atoms with Crippen LogP contribution in [-0.2, 0) is 4.79 Å². The molecule has 1 fully saturated rings. The second kappa shape index (κ2) is 5.52. The van der Waals surface area contributed by atoms with Crippen LogP contribution in [0, 0.1) is 0 Å². The standard InChI is InChI=1S/C15H17BrN4O/c1-20(8-14(21)19-10-3-4-10)15-11-6-9(16)2-5-13(11)18-7-12(15)17/h2,5-7,10H,3-4,8,17H2,1H3,(H,19,21). The number of amides is 1. The lowest BCUT2D eigenvalue weighted by Crippen LogP contribution is -2.36. The molecule has 2 aromatic rings. The van der Waals surface area contributed by atoms with Crippen LogP contribution in [0.4, 0.5) is 11.4 Å². The highest BCUT2D eigenvalue weighted by atomic mass is 79.9. The van der Waals surface area contributed by atoms with Crippen LogP contribution in [0.2, 0.25) is 0 Å². The molecule has 1 aromatic heterocycles. The first-order chi connectivity index (χ1) is 10.0. The molecule has 0 radical (unpaired) electrons. The molecule has 1 amide bonds. The highest BCUT2D eigenvalue weighted by Gasteiger charge is 2.24. The average Bonchev–Trinajstić information content (AvgIpc) is 3.21. The predicted molar refractivity (Wildman–Crippen MR) is 88.3 cm³/mol. The van der Waals surface area contributed by atoms with Crippen LogP contribution in [0.15, 0.2) is 28.9 Å². The van der Waals surface area contributed by atoms with Gasteiger partial charge in [-0.2, -0.15) is 0 Å². The van der Waals surface area contributed by atoms with Gasteiger partial charge in [-0.3, -0.25) is 9.78 Å². The van der Waals surface area contributed by atoms with Crippen molar-refractivity contribution >= 4 is 44.1 Å².